The molecule has 1 nitrogen and oxygen atoms in total. The van der Waals surface area contributed by atoms with Crippen LogP contribution in [0.15, 0.2) is 67.3 Å². The molecule has 0 spiro atoms. The average molecular weight is 329 g/mol. The van der Waals surface area contributed by atoms with E-state index in [-0.39, 0.29) is 6.61 Å². The van der Waals surface area contributed by atoms with E-state index in [4.69, 9.17) is 16.7 Å². The molecule has 0 aromatic heterocycles. The summed E-state index contributed by atoms with van der Waals surface area (Å²) < 4.78 is 0. The maximum Gasteiger partial charge on any atom is 0.0467 e. The highest BCUT2D eigenvalue weighted by Crippen LogP contribution is 2.19. The molecule has 0 aliphatic carbocycles. The van der Waals surface area contributed by atoms with E-state index in [1.807, 2.05) is 31.2 Å². The highest BCUT2D eigenvalue weighted by atomic mass is 35.5. The van der Waals surface area contributed by atoms with Gasteiger partial charge in [0.15, 0.2) is 0 Å². The highest BCUT2D eigenvalue weighted by molar-refractivity contribution is 6.30. The number of rotatable bonds is 5. The molecule has 2 heteroatoms. The fourth-order valence-electron chi connectivity index (χ4n) is 1.93. The summed E-state index contributed by atoms with van der Waals surface area (Å²) in [5.41, 5.74) is 5.88. The normalized spacial score (nSPS) is 9.74. The topological polar surface area (TPSA) is 20.2 Å². The molecule has 0 aliphatic rings. The second-order valence-corrected chi connectivity index (χ2v) is 6.14. The van der Waals surface area contributed by atoms with Crippen molar-refractivity contribution in [2.24, 2.45) is 0 Å². The summed E-state index contributed by atoms with van der Waals surface area (Å²) in [5, 5.41) is 8.95. The second kappa shape index (κ2) is 10.0. The van der Waals surface area contributed by atoms with E-state index in [0.29, 0.717) is 0 Å². The number of aryl methyl sites for hydroxylation is 1. The van der Waals surface area contributed by atoms with Crippen LogP contribution in [0.3, 0.4) is 0 Å². The first kappa shape index (κ1) is 19.2. The Morgan fingerprint density at radius 2 is 1.57 bits per heavy atom. The van der Waals surface area contributed by atoms with Gasteiger partial charge >= 0.3 is 0 Å². The molecular weight excluding hydrogens is 304 g/mol. The van der Waals surface area contributed by atoms with Gasteiger partial charge in [-0.1, -0.05) is 65.7 Å². The molecule has 0 bridgehead atoms. The Balaban J connectivity index is 0.000000379. The Morgan fingerprint density at radius 1 is 1.00 bits per heavy atom. The molecule has 122 valence electrons. The van der Waals surface area contributed by atoms with Crippen molar-refractivity contribution in [3.63, 3.8) is 0 Å². The van der Waals surface area contributed by atoms with Gasteiger partial charge in [-0.2, -0.15) is 0 Å². The fraction of sp³-hybridized carbons (Fsp3) is 0.238. The van der Waals surface area contributed by atoms with Crippen LogP contribution < -0.4 is 0 Å². The third-order valence-electron chi connectivity index (χ3n) is 3.33. The van der Waals surface area contributed by atoms with Crippen molar-refractivity contribution in [1.29, 1.82) is 0 Å². The van der Waals surface area contributed by atoms with Crippen LogP contribution in [0, 0.1) is 6.92 Å². The van der Waals surface area contributed by atoms with Crippen LogP contribution in [0.2, 0.25) is 5.02 Å². The minimum Gasteiger partial charge on any atom is -0.396 e. The van der Waals surface area contributed by atoms with Gasteiger partial charge in [0, 0.05) is 11.6 Å². The van der Waals surface area contributed by atoms with Crippen molar-refractivity contribution in [1.82, 2.24) is 0 Å². The molecule has 0 aliphatic heterocycles. The lowest BCUT2D eigenvalue weighted by molar-refractivity contribution is 0.299. The van der Waals surface area contributed by atoms with Gasteiger partial charge in [0.25, 0.3) is 0 Å². The molecule has 0 radical (unpaired) electrons. The lowest BCUT2D eigenvalue weighted by Crippen LogP contribution is -1.89. The average Bonchev–Trinajstić information content (AvgIpc) is 2.50. The van der Waals surface area contributed by atoms with E-state index in [2.05, 4.69) is 44.3 Å². The van der Waals surface area contributed by atoms with Gasteiger partial charge in [-0.25, -0.2) is 0 Å². The Kier molecular flexibility index (Phi) is 8.39. The van der Waals surface area contributed by atoms with Crippen molar-refractivity contribution in [2.45, 2.75) is 26.7 Å². The van der Waals surface area contributed by atoms with Crippen LogP contribution in [-0.2, 0) is 6.42 Å². The number of hydrogen-bond donors (Lipinski definition) is 1. The first-order chi connectivity index (χ1) is 10.9. The van der Waals surface area contributed by atoms with Crippen molar-refractivity contribution in [2.75, 3.05) is 6.61 Å². The Morgan fingerprint density at radius 3 is 2.00 bits per heavy atom. The van der Waals surface area contributed by atoms with Crippen LogP contribution in [0.25, 0.3) is 5.57 Å². The van der Waals surface area contributed by atoms with Gasteiger partial charge < -0.3 is 5.11 Å². The SMILES string of the molecule is C=C(C)CCO.C=C(Cc1ccc(Cl)cc1)c1ccc(C)cc1. The summed E-state index contributed by atoms with van der Waals surface area (Å²) in [4.78, 5) is 0. The molecule has 23 heavy (non-hydrogen) atoms. The van der Waals surface area contributed by atoms with Gasteiger partial charge in [-0.15, -0.1) is 6.58 Å². The minimum atomic E-state index is 0.231. The van der Waals surface area contributed by atoms with Crippen LogP contribution >= 0.6 is 11.6 Å². The first-order valence-corrected chi connectivity index (χ1v) is 8.04. The maximum absolute atomic E-state index is 8.18. The van der Waals surface area contributed by atoms with Gasteiger partial charge in [0.05, 0.1) is 0 Å². The summed E-state index contributed by atoms with van der Waals surface area (Å²) >= 11 is 5.86. The zero-order valence-corrected chi connectivity index (χ0v) is 14.7. The van der Waals surface area contributed by atoms with Crippen LogP contribution in [-0.4, -0.2) is 11.7 Å². The van der Waals surface area contributed by atoms with E-state index in [1.54, 1.807) is 0 Å². The third kappa shape index (κ3) is 7.83. The molecule has 1 N–H and O–H groups in total. The van der Waals surface area contributed by atoms with Crippen molar-refractivity contribution < 1.29 is 5.11 Å². The molecule has 0 fully saturated rings. The zero-order chi connectivity index (χ0) is 17.2. The second-order valence-electron chi connectivity index (χ2n) is 5.70. The number of halogens is 1. The lowest BCUT2D eigenvalue weighted by atomic mass is 9.99. The Bertz CT molecular complexity index is 624. The van der Waals surface area contributed by atoms with E-state index in [9.17, 15) is 0 Å². The molecule has 0 unspecified atom stereocenters. The fourth-order valence-corrected chi connectivity index (χ4v) is 2.06. The van der Waals surface area contributed by atoms with Crippen LogP contribution in [0.4, 0.5) is 0 Å². The monoisotopic (exact) mass is 328 g/mol. The number of aliphatic hydroxyl groups excluding tert-OH is 1. The van der Waals surface area contributed by atoms with E-state index in [0.717, 1.165) is 29.0 Å². The van der Waals surface area contributed by atoms with Gasteiger partial charge in [-0.3, -0.25) is 0 Å². The molecular formula is C21H25ClO. The van der Waals surface area contributed by atoms with E-state index in [1.165, 1.54) is 16.7 Å². The first-order valence-electron chi connectivity index (χ1n) is 7.67. The largest absolute Gasteiger partial charge is 0.396 e. The predicted molar refractivity (Wildman–Crippen MR) is 102 cm³/mol. The Hall–Kier alpha value is -1.83. The number of hydrogen-bond acceptors (Lipinski definition) is 1. The third-order valence-corrected chi connectivity index (χ3v) is 3.58. The smallest absolute Gasteiger partial charge is 0.0467 e. The zero-order valence-electron chi connectivity index (χ0n) is 14.0. The Labute approximate surface area is 144 Å². The minimum absolute atomic E-state index is 0.231. The number of benzene rings is 2. The maximum atomic E-state index is 8.18. The molecule has 2 aromatic carbocycles. The lowest BCUT2D eigenvalue weighted by Gasteiger charge is -2.06. The van der Waals surface area contributed by atoms with Crippen molar-refractivity contribution in [3.8, 4) is 0 Å². The summed E-state index contributed by atoms with van der Waals surface area (Å²) in [6.07, 6.45) is 1.60. The number of aliphatic hydroxyl groups is 1. The predicted octanol–water partition coefficient (Wildman–Crippen LogP) is 5.85. The summed E-state index contributed by atoms with van der Waals surface area (Å²) in [6, 6.07) is 16.4. The molecule has 0 heterocycles. The quantitative estimate of drug-likeness (QED) is 0.682. The van der Waals surface area contributed by atoms with Crippen molar-refractivity contribution in [3.05, 3.63) is 89.0 Å². The molecule has 2 aromatic rings. The standard InChI is InChI=1S/C16H15Cl.C5H10O/c1-12-3-7-15(8-4-12)13(2)11-14-5-9-16(17)10-6-14;1-5(2)3-4-6/h3-10H,2,11H2,1H3;6H,1,3-4H2,2H3. The van der Waals surface area contributed by atoms with Gasteiger partial charge in [0.1, 0.15) is 0 Å². The van der Waals surface area contributed by atoms with Crippen LogP contribution in [0.1, 0.15) is 30.0 Å². The van der Waals surface area contributed by atoms with E-state index >= 15 is 0 Å². The summed E-state index contributed by atoms with van der Waals surface area (Å²) in [7, 11) is 0. The molecule has 0 amide bonds. The highest BCUT2D eigenvalue weighted by Gasteiger charge is 2.00. The molecule has 2 rings (SSSR count). The number of allylic oxidation sites excluding steroid dienone is 1. The summed E-state index contributed by atoms with van der Waals surface area (Å²) in [5.74, 6) is 0. The van der Waals surface area contributed by atoms with Crippen molar-refractivity contribution >= 4 is 17.2 Å². The molecule has 0 atom stereocenters. The van der Waals surface area contributed by atoms with E-state index < -0.39 is 0 Å². The molecule has 0 saturated carbocycles. The summed E-state index contributed by atoms with van der Waals surface area (Å²) in [6.45, 7) is 11.9. The van der Waals surface area contributed by atoms with Gasteiger partial charge in [0.2, 0.25) is 0 Å². The molecule has 0 saturated heterocycles. The van der Waals surface area contributed by atoms with Crippen LogP contribution in [0.5, 0.6) is 0 Å². The van der Waals surface area contributed by atoms with Gasteiger partial charge in [-0.05, 0) is 55.5 Å².